The quantitative estimate of drug-likeness (QED) is 0.713. The fourth-order valence-corrected chi connectivity index (χ4v) is 1.63. The molecule has 5 nitrogen and oxygen atoms in total. The van der Waals surface area contributed by atoms with E-state index in [0.29, 0.717) is 11.2 Å². The van der Waals surface area contributed by atoms with Crippen LogP contribution in [0.4, 0.5) is 10.1 Å². The molecule has 0 bridgehead atoms. The Hall–Kier alpha value is -2.76. The number of aromatic nitrogens is 3. The fourth-order valence-electron chi connectivity index (χ4n) is 1.63. The molecule has 0 amide bonds. The highest BCUT2D eigenvalue weighted by molar-refractivity contribution is 5.69. The van der Waals surface area contributed by atoms with Gasteiger partial charge in [0.25, 0.3) is 0 Å². The Morgan fingerprint density at radius 1 is 1.05 bits per heavy atom. The van der Waals surface area contributed by atoms with Crippen LogP contribution < -0.4 is 10.5 Å². The van der Waals surface area contributed by atoms with Gasteiger partial charge >= 0.3 is 0 Å². The molecule has 6 heteroatoms. The number of ether oxygens (including phenoxy) is 1. The van der Waals surface area contributed by atoms with E-state index in [9.17, 15) is 4.39 Å². The third kappa shape index (κ3) is 2.15. The third-order valence-corrected chi connectivity index (χ3v) is 2.51. The molecular formula is C13H9FN4O. The topological polar surface area (TPSA) is 73.9 Å². The number of benzene rings is 1. The van der Waals surface area contributed by atoms with Crippen molar-refractivity contribution in [2.75, 3.05) is 5.73 Å². The van der Waals surface area contributed by atoms with E-state index in [-0.39, 0.29) is 17.3 Å². The molecule has 0 radical (unpaired) electrons. The smallest absolute Gasteiger partial charge is 0.221 e. The molecule has 0 aliphatic heterocycles. The van der Waals surface area contributed by atoms with Crippen molar-refractivity contribution in [3.8, 4) is 11.6 Å². The Morgan fingerprint density at radius 2 is 1.89 bits per heavy atom. The van der Waals surface area contributed by atoms with Gasteiger partial charge in [-0.25, -0.2) is 9.37 Å². The molecule has 0 fully saturated rings. The summed E-state index contributed by atoms with van der Waals surface area (Å²) in [4.78, 5) is 12.3. The molecular weight excluding hydrogens is 247 g/mol. The summed E-state index contributed by atoms with van der Waals surface area (Å²) in [5, 5.41) is 0. The van der Waals surface area contributed by atoms with Crippen LogP contribution in [-0.2, 0) is 0 Å². The number of nitrogens with two attached hydrogens (primary N) is 1. The van der Waals surface area contributed by atoms with E-state index in [4.69, 9.17) is 10.5 Å². The van der Waals surface area contributed by atoms with E-state index in [2.05, 4.69) is 15.0 Å². The van der Waals surface area contributed by atoms with E-state index in [1.807, 2.05) is 0 Å². The highest BCUT2D eigenvalue weighted by Crippen LogP contribution is 2.29. The number of hydrogen-bond donors (Lipinski definition) is 1. The fraction of sp³-hybridized carbons (Fsp3) is 0. The first-order valence-electron chi connectivity index (χ1n) is 5.53. The Balaban J connectivity index is 2.01. The van der Waals surface area contributed by atoms with Crippen LogP contribution in [0.3, 0.4) is 0 Å². The molecule has 2 aromatic heterocycles. The zero-order chi connectivity index (χ0) is 13.2. The number of anilines is 1. The minimum atomic E-state index is -0.541. The van der Waals surface area contributed by atoms with Gasteiger partial charge in [0.2, 0.25) is 5.88 Å². The third-order valence-electron chi connectivity index (χ3n) is 2.51. The van der Waals surface area contributed by atoms with Crippen LogP contribution in [0.2, 0.25) is 0 Å². The lowest BCUT2D eigenvalue weighted by atomic mass is 10.3. The van der Waals surface area contributed by atoms with Gasteiger partial charge in [-0.1, -0.05) is 6.07 Å². The summed E-state index contributed by atoms with van der Waals surface area (Å²) in [7, 11) is 0. The van der Waals surface area contributed by atoms with Crippen LogP contribution in [0.1, 0.15) is 0 Å². The van der Waals surface area contributed by atoms with E-state index in [1.165, 1.54) is 18.3 Å². The van der Waals surface area contributed by atoms with Crippen molar-refractivity contribution in [2.24, 2.45) is 0 Å². The second-order valence-electron chi connectivity index (χ2n) is 3.81. The van der Waals surface area contributed by atoms with Crippen molar-refractivity contribution in [2.45, 2.75) is 0 Å². The SMILES string of the molecule is Nc1cccc(F)c1Oc1ccc2nccnc2n1. The van der Waals surface area contributed by atoms with Crippen LogP contribution in [-0.4, -0.2) is 15.0 Å². The molecule has 0 saturated carbocycles. The molecule has 0 unspecified atom stereocenters. The summed E-state index contributed by atoms with van der Waals surface area (Å²) < 4.78 is 19.0. The monoisotopic (exact) mass is 256 g/mol. The Bertz CT molecular complexity index is 727. The number of para-hydroxylation sites is 1. The van der Waals surface area contributed by atoms with Crippen molar-refractivity contribution in [1.29, 1.82) is 0 Å². The van der Waals surface area contributed by atoms with E-state index < -0.39 is 5.82 Å². The minimum absolute atomic E-state index is 0.0433. The summed E-state index contributed by atoms with van der Waals surface area (Å²) >= 11 is 0. The average molecular weight is 256 g/mol. The zero-order valence-electron chi connectivity index (χ0n) is 9.75. The predicted molar refractivity (Wildman–Crippen MR) is 68.2 cm³/mol. The molecule has 0 aliphatic rings. The van der Waals surface area contributed by atoms with E-state index >= 15 is 0 Å². The van der Waals surface area contributed by atoms with Gasteiger partial charge < -0.3 is 10.5 Å². The number of nitrogen functional groups attached to an aromatic ring is 1. The summed E-state index contributed by atoms with van der Waals surface area (Å²) in [5.41, 5.74) is 6.93. The lowest BCUT2D eigenvalue weighted by molar-refractivity contribution is 0.431. The van der Waals surface area contributed by atoms with Crippen molar-refractivity contribution < 1.29 is 9.13 Å². The Labute approximate surface area is 107 Å². The van der Waals surface area contributed by atoms with Crippen molar-refractivity contribution >= 4 is 16.9 Å². The second-order valence-corrected chi connectivity index (χ2v) is 3.81. The summed E-state index contributed by atoms with van der Waals surface area (Å²) in [6.07, 6.45) is 3.09. The molecule has 19 heavy (non-hydrogen) atoms. The first-order valence-corrected chi connectivity index (χ1v) is 5.53. The van der Waals surface area contributed by atoms with Gasteiger partial charge in [-0.15, -0.1) is 0 Å². The van der Waals surface area contributed by atoms with Gasteiger partial charge in [-0.3, -0.25) is 4.98 Å². The van der Waals surface area contributed by atoms with Gasteiger partial charge in [-0.2, -0.15) is 4.98 Å². The van der Waals surface area contributed by atoms with Gasteiger partial charge in [-0.05, 0) is 18.2 Å². The maximum atomic E-state index is 13.6. The van der Waals surface area contributed by atoms with Crippen LogP contribution in [0.15, 0.2) is 42.7 Å². The lowest BCUT2D eigenvalue weighted by Gasteiger charge is -2.08. The number of rotatable bonds is 2. The van der Waals surface area contributed by atoms with Gasteiger partial charge in [0.15, 0.2) is 17.2 Å². The molecule has 3 aromatic rings. The predicted octanol–water partition coefficient (Wildman–Crippen LogP) is 2.54. The standard InChI is InChI=1S/C13H9FN4O/c14-8-2-1-3-9(15)12(8)19-11-5-4-10-13(18-11)17-7-6-16-10/h1-7H,15H2. The molecule has 0 saturated heterocycles. The molecule has 3 rings (SSSR count). The number of hydrogen-bond acceptors (Lipinski definition) is 5. The molecule has 2 heterocycles. The van der Waals surface area contributed by atoms with Gasteiger partial charge in [0.1, 0.15) is 5.52 Å². The van der Waals surface area contributed by atoms with Crippen molar-refractivity contribution in [3.63, 3.8) is 0 Å². The van der Waals surface area contributed by atoms with E-state index in [0.717, 1.165) is 0 Å². The summed E-state index contributed by atoms with van der Waals surface area (Å²) in [5.74, 6) is -0.371. The Morgan fingerprint density at radius 3 is 2.74 bits per heavy atom. The maximum absolute atomic E-state index is 13.6. The first kappa shape index (κ1) is 11.3. The van der Waals surface area contributed by atoms with E-state index in [1.54, 1.807) is 24.4 Å². The van der Waals surface area contributed by atoms with Crippen LogP contribution in [0.25, 0.3) is 11.2 Å². The largest absolute Gasteiger partial charge is 0.434 e. The van der Waals surface area contributed by atoms with Crippen LogP contribution >= 0.6 is 0 Å². The van der Waals surface area contributed by atoms with Gasteiger partial charge in [0.05, 0.1) is 5.69 Å². The summed E-state index contributed by atoms with van der Waals surface area (Å²) in [6, 6.07) is 7.62. The maximum Gasteiger partial charge on any atom is 0.221 e. The number of fused-ring (bicyclic) bond motifs is 1. The minimum Gasteiger partial charge on any atom is -0.434 e. The second kappa shape index (κ2) is 4.49. The number of halogens is 1. The van der Waals surface area contributed by atoms with Crippen LogP contribution in [0.5, 0.6) is 11.6 Å². The molecule has 94 valence electrons. The van der Waals surface area contributed by atoms with Crippen molar-refractivity contribution in [3.05, 3.63) is 48.5 Å². The lowest BCUT2D eigenvalue weighted by Crippen LogP contribution is -1.97. The average Bonchev–Trinajstić information content (AvgIpc) is 2.43. The molecule has 0 aliphatic carbocycles. The normalized spacial score (nSPS) is 10.6. The summed E-state index contributed by atoms with van der Waals surface area (Å²) in [6.45, 7) is 0. The number of nitrogens with zero attached hydrogens (tertiary/aromatic N) is 3. The van der Waals surface area contributed by atoms with Crippen molar-refractivity contribution in [1.82, 2.24) is 15.0 Å². The highest BCUT2D eigenvalue weighted by atomic mass is 19.1. The first-order chi connectivity index (χ1) is 9.24. The highest BCUT2D eigenvalue weighted by Gasteiger charge is 2.10. The number of pyridine rings is 1. The Kier molecular flexibility index (Phi) is 2.68. The molecule has 0 spiro atoms. The molecule has 2 N–H and O–H groups in total. The van der Waals surface area contributed by atoms with Gasteiger partial charge in [0, 0.05) is 18.5 Å². The molecule has 0 atom stereocenters. The zero-order valence-corrected chi connectivity index (χ0v) is 9.75. The van der Waals surface area contributed by atoms with Crippen LogP contribution in [0, 0.1) is 5.82 Å². The molecule has 1 aromatic carbocycles.